The number of rotatable bonds is 9. The highest BCUT2D eigenvalue weighted by Gasteiger charge is 2.36. The third-order valence-electron chi connectivity index (χ3n) is 5.91. The van der Waals surface area contributed by atoms with E-state index in [1.807, 2.05) is 4.90 Å². The number of carbonyl (C=O) groups excluding carboxylic acids is 2. The van der Waals surface area contributed by atoms with E-state index in [9.17, 15) is 27.0 Å². The van der Waals surface area contributed by atoms with Gasteiger partial charge in [-0.25, -0.2) is 0 Å². The van der Waals surface area contributed by atoms with Gasteiger partial charge in [-0.1, -0.05) is 36.5 Å². The zero-order chi connectivity index (χ0) is 29.2. The van der Waals surface area contributed by atoms with Crippen LogP contribution in [0.2, 0.25) is 10.0 Å². The van der Waals surface area contributed by atoms with Crippen LogP contribution in [0.3, 0.4) is 0 Å². The van der Waals surface area contributed by atoms with E-state index >= 15 is 0 Å². The SMILES string of the molecule is CCS(=O)c1ccc(Cl)cc1CNC(=O)c1cc(Cl)c(CN2CCCCC2)c(C(F)(F)F)c1.CNCC(N)=O. The van der Waals surface area contributed by atoms with Crippen LogP contribution in [0.1, 0.15) is 53.2 Å². The maximum atomic E-state index is 13.8. The number of piperidine rings is 1. The van der Waals surface area contributed by atoms with Crippen LogP contribution in [-0.4, -0.2) is 53.4 Å². The molecule has 0 radical (unpaired) electrons. The van der Waals surface area contributed by atoms with Crippen molar-refractivity contribution in [1.82, 2.24) is 15.5 Å². The summed E-state index contributed by atoms with van der Waals surface area (Å²) in [4.78, 5) is 25.0. The van der Waals surface area contributed by atoms with Crippen LogP contribution in [0.15, 0.2) is 35.2 Å². The summed E-state index contributed by atoms with van der Waals surface area (Å²) in [6.07, 6.45) is -1.71. The van der Waals surface area contributed by atoms with Gasteiger partial charge < -0.3 is 16.4 Å². The average Bonchev–Trinajstić information content (AvgIpc) is 2.88. The van der Waals surface area contributed by atoms with Crippen molar-refractivity contribution in [1.29, 1.82) is 0 Å². The average molecular weight is 610 g/mol. The summed E-state index contributed by atoms with van der Waals surface area (Å²) in [5, 5.41) is 5.51. The minimum atomic E-state index is -4.65. The van der Waals surface area contributed by atoms with Gasteiger partial charge in [-0.2, -0.15) is 13.2 Å². The van der Waals surface area contributed by atoms with Crippen LogP contribution in [0.5, 0.6) is 0 Å². The summed E-state index contributed by atoms with van der Waals surface area (Å²) in [5.41, 5.74) is 4.14. The zero-order valence-corrected chi connectivity index (χ0v) is 24.1. The molecule has 1 atom stereocenters. The number of likely N-dealkylation sites (N-methyl/N-ethyl adjacent to an activating group) is 1. The number of hydrogen-bond acceptors (Lipinski definition) is 5. The summed E-state index contributed by atoms with van der Waals surface area (Å²) in [6.45, 7) is 3.52. The van der Waals surface area contributed by atoms with Crippen molar-refractivity contribution >= 4 is 45.8 Å². The van der Waals surface area contributed by atoms with E-state index in [0.717, 1.165) is 38.4 Å². The Kier molecular flexibility index (Phi) is 13.2. The highest BCUT2D eigenvalue weighted by molar-refractivity contribution is 7.85. The fraction of sp³-hybridized carbons (Fsp3) is 0.462. The van der Waals surface area contributed by atoms with Crippen LogP contribution in [0.4, 0.5) is 13.2 Å². The van der Waals surface area contributed by atoms with Crippen molar-refractivity contribution < 1.29 is 27.0 Å². The number of primary amides is 1. The molecule has 0 aromatic heterocycles. The molecule has 1 saturated heterocycles. The summed E-state index contributed by atoms with van der Waals surface area (Å²) >= 11 is 12.3. The first-order valence-electron chi connectivity index (χ1n) is 12.4. The van der Waals surface area contributed by atoms with Crippen molar-refractivity contribution in [2.75, 3.05) is 32.4 Å². The molecule has 1 aliphatic rings. The summed E-state index contributed by atoms with van der Waals surface area (Å²) < 4.78 is 53.8. The first-order chi connectivity index (χ1) is 18.4. The number of nitrogens with zero attached hydrogens (tertiary/aromatic N) is 1. The number of carbonyl (C=O) groups is 2. The van der Waals surface area contributed by atoms with Gasteiger partial charge in [0.15, 0.2) is 0 Å². The molecule has 39 heavy (non-hydrogen) atoms. The quantitative estimate of drug-likeness (QED) is 0.381. The summed E-state index contributed by atoms with van der Waals surface area (Å²) in [6, 6.07) is 6.93. The van der Waals surface area contributed by atoms with E-state index in [1.165, 1.54) is 6.07 Å². The van der Waals surface area contributed by atoms with Gasteiger partial charge >= 0.3 is 6.18 Å². The molecule has 13 heteroatoms. The van der Waals surface area contributed by atoms with Crippen molar-refractivity contribution in [3.05, 3.63) is 62.6 Å². The van der Waals surface area contributed by atoms with Crippen molar-refractivity contribution in [3.63, 3.8) is 0 Å². The fourth-order valence-corrected chi connectivity index (χ4v) is 5.47. The van der Waals surface area contributed by atoms with Crippen LogP contribution < -0.4 is 16.4 Å². The molecule has 0 aliphatic carbocycles. The number of likely N-dealkylation sites (tertiary alicyclic amines) is 1. The Bertz CT molecular complexity index is 1180. The van der Waals surface area contributed by atoms with Gasteiger partial charge in [0, 0.05) is 39.3 Å². The molecule has 2 aromatic carbocycles. The first kappa shape index (κ1) is 33.0. The third kappa shape index (κ3) is 10.4. The summed E-state index contributed by atoms with van der Waals surface area (Å²) in [5.74, 6) is -0.649. The Labute approximate surface area is 239 Å². The van der Waals surface area contributed by atoms with Crippen LogP contribution in [-0.2, 0) is 34.9 Å². The first-order valence-corrected chi connectivity index (χ1v) is 14.4. The minimum Gasteiger partial charge on any atom is -0.369 e. The van der Waals surface area contributed by atoms with Gasteiger partial charge in [-0.15, -0.1) is 0 Å². The molecule has 3 rings (SSSR count). The number of benzene rings is 2. The minimum absolute atomic E-state index is 0.0157. The second-order valence-electron chi connectivity index (χ2n) is 8.88. The molecule has 0 bridgehead atoms. The number of halogens is 5. The number of alkyl halides is 3. The largest absolute Gasteiger partial charge is 0.416 e. The topological polar surface area (TPSA) is 105 Å². The van der Waals surface area contributed by atoms with E-state index in [0.29, 0.717) is 21.2 Å². The van der Waals surface area contributed by atoms with Crippen molar-refractivity contribution in [2.45, 2.75) is 50.3 Å². The van der Waals surface area contributed by atoms with Gasteiger partial charge in [-0.05, 0) is 74.4 Å². The molecule has 0 spiro atoms. The molecular weight excluding hydrogens is 576 g/mol. The van der Waals surface area contributed by atoms with Crippen LogP contribution in [0.25, 0.3) is 0 Å². The zero-order valence-electron chi connectivity index (χ0n) is 21.8. The van der Waals surface area contributed by atoms with Crippen molar-refractivity contribution in [3.8, 4) is 0 Å². The highest BCUT2D eigenvalue weighted by atomic mass is 35.5. The molecule has 0 saturated carbocycles. The molecule has 1 unspecified atom stereocenters. The fourth-order valence-electron chi connectivity index (χ4n) is 4.04. The number of nitrogens with two attached hydrogens (primary N) is 1. The van der Waals surface area contributed by atoms with Gasteiger partial charge in [0.25, 0.3) is 5.91 Å². The Morgan fingerprint density at radius 3 is 2.31 bits per heavy atom. The van der Waals surface area contributed by atoms with E-state index in [-0.39, 0.29) is 41.7 Å². The lowest BCUT2D eigenvalue weighted by Gasteiger charge is -2.28. The van der Waals surface area contributed by atoms with E-state index in [1.54, 1.807) is 32.2 Å². The predicted octanol–water partition coefficient (Wildman–Crippen LogP) is 4.75. The predicted molar refractivity (Wildman–Crippen MR) is 148 cm³/mol. The van der Waals surface area contributed by atoms with Crippen molar-refractivity contribution in [2.24, 2.45) is 5.73 Å². The van der Waals surface area contributed by atoms with Crippen LogP contribution >= 0.6 is 23.2 Å². The standard InChI is InChI=1S/C23H25Cl2F3N2O2S.C3H8N2O/c1-2-33(32)21-7-6-17(24)10-16(21)13-29-22(31)15-11-19(23(26,27)28)18(20(25)12-15)14-30-8-4-3-5-9-30;1-5-2-3(4)6/h6-7,10-12H,2-5,8-9,13-14H2,1H3,(H,29,31);5H,2H2,1H3,(H2,4,6). The van der Waals surface area contributed by atoms with Gasteiger partial charge in [0.2, 0.25) is 5.91 Å². The maximum absolute atomic E-state index is 13.8. The maximum Gasteiger partial charge on any atom is 0.416 e. The smallest absolute Gasteiger partial charge is 0.369 e. The lowest BCUT2D eigenvalue weighted by atomic mass is 10.0. The molecule has 1 heterocycles. The van der Waals surface area contributed by atoms with Gasteiger partial charge in [-0.3, -0.25) is 18.7 Å². The molecule has 1 aliphatic heterocycles. The van der Waals surface area contributed by atoms with E-state index in [4.69, 9.17) is 28.9 Å². The number of nitrogens with one attached hydrogen (secondary N) is 2. The molecule has 2 aromatic rings. The number of amides is 2. The Morgan fingerprint density at radius 1 is 1.10 bits per heavy atom. The Morgan fingerprint density at radius 2 is 1.77 bits per heavy atom. The molecule has 4 N–H and O–H groups in total. The molecular formula is C26H33Cl2F3N4O3S. The Hall–Kier alpha value is -2.18. The molecule has 1 fully saturated rings. The van der Waals surface area contributed by atoms with Gasteiger partial charge in [0.05, 0.1) is 22.9 Å². The number of hydrogen-bond donors (Lipinski definition) is 3. The second kappa shape index (κ2) is 15.6. The lowest BCUT2D eigenvalue weighted by molar-refractivity contribution is -0.138. The highest BCUT2D eigenvalue weighted by Crippen LogP contribution is 2.37. The molecule has 7 nitrogen and oxygen atoms in total. The second-order valence-corrected chi connectivity index (χ2v) is 11.4. The lowest BCUT2D eigenvalue weighted by Crippen LogP contribution is -2.30. The molecule has 2 amide bonds. The van der Waals surface area contributed by atoms with Crippen LogP contribution in [0, 0.1) is 0 Å². The van der Waals surface area contributed by atoms with Gasteiger partial charge in [0.1, 0.15) is 0 Å². The van der Waals surface area contributed by atoms with E-state index < -0.39 is 28.4 Å². The summed E-state index contributed by atoms with van der Waals surface area (Å²) in [7, 11) is 0.391. The monoisotopic (exact) mass is 608 g/mol. The van der Waals surface area contributed by atoms with E-state index in [2.05, 4.69) is 10.6 Å². The normalized spacial score (nSPS) is 14.7. The third-order valence-corrected chi connectivity index (χ3v) is 7.90. The molecule has 216 valence electrons. The Balaban J connectivity index is 0.000000798.